The van der Waals surface area contributed by atoms with Crippen LogP contribution in [0.1, 0.15) is 31.2 Å². The number of carbonyl (C=O) groups is 1. The molecule has 2 aromatic rings. The van der Waals surface area contributed by atoms with Gasteiger partial charge in [-0.2, -0.15) is 0 Å². The molecular weight excluding hydrogens is 312 g/mol. The van der Waals surface area contributed by atoms with Crippen LogP contribution in [-0.4, -0.2) is 11.1 Å². The average Bonchev–Trinajstić information content (AvgIpc) is 2.73. The van der Waals surface area contributed by atoms with E-state index in [0.29, 0.717) is 0 Å². The van der Waals surface area contributed by atoms with E-state index in [9.17, 15) is 4.79 Å². The van der Waals surface area contributed by atoms with Crippen LogP contribution in [0.5, 0.6) is 0 Å². The highest BCUT2D eigenvalue weighted by molar-refractivity contribution is 9.10. The zero-order valence-electron chi connectivity index (χ0n) is 9.99. The predicted molar refractivity (Wildman–Crippen MR) is 79.3 cm³/mol. The van der Waals surface area contributed by atoms with Gasteiger partial charge in [-0.1, -0.05) is 18.6 Å². The van der Waals surface area contributed by atoms with Crippen LogP contribution in [0.25, 0.3) is 10.1 Å². The van der Waals surface area contributed by atoms with Gasteiger partial charge in [0.1, 0.15) is 0 Å². The molecule has 0 radical (unpaired) electrons. The third-order valence-corrected chi connectivity index (χ3v) is 4.97. The molecule has 0 bridgehead atoms. The number of carboxylic acids is 1. The number of fused-ring (bicyclic) bond motifs is 1. The Bertz CT molecular complexity index is 548. The van der Waals surface area contributed by atoms with Gasteiger partial charge in [-0.3, -0.25) is 4.79 Å². The predicted octanol–water partition coefficient (Wildman–Crippen LogP) is 4.85. The Hall–Kier alpha value is -0.870. The highest BCUT2D eigenvalue weighted by Crippen LogP contribution is 2.32. The molecule has 1 aromatic heterocycles. The van der Waals surface area contributed by atoms with E-state index in [1.54, 1.807) is 11.3 Å². The quantitative estimate of drug-likeness (QED) is 0.770. The molecule has 96 valence electrons. The molecule has 1 aromatic carbocycles. The van der Waals surface area contributed by atoms with Gasteiger partial charge in [-0.15, -0.1) is 11.3 Å². The third-order valence-electron chi connectivity index (χ3n) is 2.97. The minimum Gasteiger partial charge on any atom is -0.481 e. The molecule has 1 heterocycles. The summed E-state index contributed by atoms with van der Waals surface area (Å²) >= 11 is 5.33. The molecule has 0 aliphatic heterocycles. The number of hydrogen-bond donors (Lipinski definition) is 1. The Labute approximate surface area is 119 Å². The van der Waals surface area contributed by atoms with E-state index in [1.807, 2.05) is 0 Å². The van der Waals surface area contributed by atoms with Crippen molar-refractivity contribution in [3.05, 3.63) is 33.6 Å². The second-order valence-electron chi connectivity index (χ2n) is 4.33. The molecule has 0 atom stereocenters. The maximum Gasteiger partial charge on any atom is 0.303 e. The first-order valence-corrected chi connectivity index (χ1v) is 7.72. The van der Waals surface area contributed by atoms with Gasteiger partial charge in [0.05, 0.1) is 0 Å². The molecule has 0 fully saturated rings. The van der Waals surface area contributed by atoms with Crippen LogP contribution < -0.4 is 0 Å². The lowest BCUT2D eigenvalue weighted by molar-refractivity contribution is -0.137. The first-order valence-electron chi connectivity index (χ1n) is 6.05. The van der Waals surface area contributed by atoms with Crippen LogP contribution in [0.2, 0.25) is 0 Å². The van der Waals surface area contributed by atoms with Crippen LogP contribution in [0.3, 0.4) is 0 Å². The summed E-state index contributed by atoms with van der Waals surface area (Å²) < 4.78 is 2.46. The fourth-order valence-electron chi connectivity index (χ4n) is 2.04. The summed E-state index contributed by atoms with van der Waals surface area (Å²) in [5.41, 5.74) is 1.38. The maximum atomic E-state index is 10.4. The van der Waals surface area contributed by atoms with Crippen LogP contribution >= 0.6 is 27.3 Å². The van der Waals surface area contributed by atoms with Crippen LogP contribution in [0.15, 0.2) is 28.1 Å². The third kappa shape index (κ3) is 3.33. The summed E-state index contributed by atoms with van der Waals surface area (Å²) in [4.78, 5) is 10.4. The van der Waals surface area contributed by atoms with Crippen molar-refractivity contribution in [2.75, 3.05) is 0 Å². The molecule has 4 heteroatoms. The molecule has 1 N–H and O–H groups in total. The Balaban J connectivity index is 1.92. The fraction of sp³-hybridized carbons (Fsp3) is 0.357. The van der Waals surface area contributed by atoms with Crippen molar-refractivity contribution in [1.29, 1.82) is 0 Å². The molecule has 0 saturated heterocycles. The Morgan fingerprint density at radius 2 is 2.11 bits per heavy atom. The van der Waals surface area contributed by atoms with Crippen molar-refractivity contribution in [2.45, 2.75) is 32.1 Å². The number of rotatable bonds is 6. The molecule has 0 spiro atoms. The van der Waals surface area contributed by atoms with Gasteiger partial charge in [0.2, 0.25) is 0 Å². The minimum atomic E-state index is -0.695. The monoisotopic (exact) mass is 326 g/mol. The summed E-state index contributed by atoms with van der Waals surface area (Å²) in [6.45, 7) is 0. The van der Waals surface area contributed by atoms with E-state index in [1.165, 1.54) is 15.6 Å². The highest BCUT2D eigenvalue weighted by atomic mass is 79.9. The van der Waals surface area contributed by atoms with Crippen LogP contribution in [0, 0.1) is 0 Å². The number of aliphatic carboxylic acids is 1. The fourth-order valence-corrected chi connectivity index (χ4v) is 3.70. The first kappa shape index (κ1) is 13.6. The summed E-state index contributed by atoms with van der Waals surface area (Å²) in [5.74, 6) is -0.695. The second kappa shape index (κ2) is 6.34. The molecule has 18 heavy (non-hydrogen) atoms. The summed E-state index contributed by atoms with van der Waals surface area (Å²) in [6.07, 6.45) is 4.15. The maximum absolute atomic E-state index is 10.4. The number of benzene rings is 1. The topological polar surface area (TPSA) is 37.3 Å². The van der Waals surface area contributed by atoms with E-state index in [4.69, 9.17) is 5.11 Å². The number of hydrogen-bond acceptors (Lipinski definition) is 2. The zero-order valence-corrected chi connectivity index (χ0v) is 12.4. The van der Waals surface area contributed by atoms with Crippen LogP contribution in [-0.2, 0) is 11.2 Å². The largest absolute Gasteiger partial charge is 0.481 e. The smallest absolute Gasteiger partial charge is 0.303 e. The van der Waals surface area contributed by atoms with Gasteiger partial charge in [-0.25, -0.2) is 0 Å². The highest BCUT2D eigenvalue weighted by Gasteiger charge is 2.06. The normalized spacial score (nSPS) is 10.9. The van der Waals surface area contributed by atoms with Crippen molar-refractivity contribution in [3.63, 3.8) is 0 Å². The number of thiophene rings is 1. The zero-order chi connectivity index (χ0) is 13.0. The summed E-state index contributed by atoms with van der Waals surface area (Å²) in [6, 6.07) is 6.28. The van der Waals surface area contributed by atoms with Crippen LogP contribution in [0.4, 0.5) is 0 Å². The molecule has 0 amide bonds. The van der Waals surface area contributed by atoms with Gasteiger partial charge in [0.15, 0.2) is 0 Å². The summed E-state index contributed by atoms with van der Waals surface area (Å²) in [7, 11) is 0. The van der Waals surface area contributed by atoms with Gasteiger partial charge < -0.3 is 5.11 Å². The van der Waals surface area contributed by atoms with Gasteiger partial charge >= 0.3 is 5.97 Å². The van der Waals surface area contributed by atoms with E-state index in [0.717, 1.165) is 30.2 Å². The SMILES string of the molecule is O=C(O)CCCCCc1csc2c(Br)cccc12. The second-order valence-corrected chi connectivity index (χ2v) is 6.07. The summed E-state index contributed by atoms with van der Waals surface area (Å²) in [5, 5.41) is 12.1. The van der Waals surface area contributed by atoms with E-state index in [2.05, 4.69) is 39.5 Å². The lowest BCUT2D eigenvalue weighted by Crippen LogP contribution is -1.94. The Morgan fingerprint density at radius 1 is 1.28 bits per heavy atom. The number of unbranched alkanes of at least 4 members (excludes halogenated alkanes) is 2. The van der Waals surface area contributed by atoms with Crippen molar-refractivity contribution in [3.8, 4) is 0 Å². The molecule has 0 aliphatic rings. The van der Waals surface area contributed by atoms with Gasteiger partial charge in [0, 0.05) is 15.6 Å². The number of carboxylic acid groups (broad SMARTS) is 1. The van der Waals surface area contributed by atoms with E-state index in [-0.39, 0.29) is 6.42 Å². The minimum absolute atomic E-state index is 0.288. The molecule has 2 rings (SSSR count). The first-order chi connectivity index (χ1) is 8.68. The van der Waals surface area contributed by atoms with E-state index >= 15 is 0 Å². The van der Waals surface area contributed by atoms with Crippen molar-refractivity contribution >= 4 is 43.3 Å². The number of halogens is 1. The van der Waals surface area contributed by atoms with E-state index < -0.39 is 5.97 Å². The van der Waals surface area contributed by atoms with Crippen molar-refractivity contribution in [2.24, 2.45) is 0 Å². The standard InChI is InChI=1S/C14H15BrO2S/c15-12-7-4-6-11-10(9-18-14(11)12)5-2-1-3-8-13(16)17/h4,6-7,9H,1-3,5,8H2,(H,16,17). The van der Waals surface area contributed by atoms with Gasteiger partial charge in [0.25, 0.3) is 0 Å². The lowest BCUT2D eigenvalue weighted by Gasteiger charge is -2.00. The average molecular weight is 327 g/mol. The molecular formula is C14H15BrO2S. The Morgan fingerprint density at radius 3 is 2.89 bits per heavy atom. The molecule has 0 unspecified atom stereocenters. The van der Waals surface area contributed by atoms with Crippen molar-refractivity contribution in [1.82, 2.24) is 0 Å². The molecule has 0 saturated carbocycles. The molecule has 2 nitrogen and oxygen atoms in total. The lowest BCUT2D eigenvalue weighted by atomic mass is 10.1. The Kier molecular flexibility index (Phi) is 4.78. The van der Waals surface area contributed by atoms with Gasteiger partial charge in [-0.05, 0) is 57.6 Å². The number of aryl methyl sites for hydroxylation is 1. The molecule has 0 aliphatic carbocycles. The van der Waals surface area contributed by atoms with Crippen molar-refractivity contribution < 1.29 is 9.90 Å².